The van der Waals surface area contributed by atoms with Crippen LogP contribution in [0.4, 0.5) is 0 Å². The minimum atomic E-state index is 0.387. The fourth-order valence-electron chi connectivity index (χ4n) is 3.79. The summed E-state index contributed by atoms with van der Waals surface area (Å²) in [5.74, 6) is 0.556. The van der Waals surface area contributed by atoms with Gasteiger partial charge in [-0.25, -0.2) is 0 Å². The van der Waals surface area contributed by atoms with E-state index in [4.69, 9.17) is 0 Å². The highest BCUT2D eigenvalue weighted by Crippen LogP contribution is 2.33. The van der Waals surface area contributed by atoms with E-state index in [9.17, 15) is 5.11 Å². The summed E-state index contributed by atoms with van der Waals surface area (Å²) in [7, 11) is 0. The highest BCUT2D eigenvalue weighted by molar-refractivity contribution is 4.98. The third-order valence-electron chi connectivity index (χ3n) is 4.61. The molecule has 3 heteroatoms. The molecular weight excluding hydrogens is 188 g/mol. The third kappa shape index (κ3) is 1.71. The number of likely N-dealkylation sites (tertiary alicyclic amines) is 1. The van der Waals surface area contributed by atoms with Gasteiger partial charge in [-0.3, -0.25) is 9.80 Å². The summed E-state index contributed by atoms with van der Waals surface area (Å²) in [6, 6.07) is 1.66. The number of rotatable bonds is 2. The van der Waals surface area contributed by atoms with Crippen LogP contribution in [-0.4, -0.2) is 59.8 Å². The maximum absolute atomic E-state index is 9.18. The summed E-state index contributed by atoms with van der Waals surface area (Å²) in [5.41, 5.74) is 0. The molecule has 3 rings (SSSR count). The Morgan fingerprint density at radius 1 is 0.933 bits per heavy atom. The monoisotopic (exact) mass is 210 g/mol. The number of hydrogen-bond donors (Lipinski definition) is 1. The van der Waals surface area contributed by atoms with Crippen LogP contribution in [0.2, 0.25) is 0 Å². The molecule has 0 spiro atoms. The first kappa shape index (κ1) is 10.1. The molecule has 3 fully saturated rings. The standard InChI is InChI=1S/C12H22N2O/c15-9-10-3-6-14(8-10)12-4-7-13-5-1-2-11(12)13/h10-12,15H,1-9H2. The highest BCUT2D eigenvalue weighted by Gasteiger charge is 2.41. The quantitative estimate of drug-likeness (QED) is 0.720. The Kier molecular flexibility index (Phi) is 2.71. The number of hydrogen-bond acceptors (Lipinski definition) is 3. The van der Waals surface area contributed by atoms with Crippen molar-refractivity contribution in [2.45, 2.75) is 37.8 Å². The molecule has 3 nitrogen and oxygen atoms in total. The lowest BCUT2D eigenvalue weighted by molar-refractivity contribution is 0.171. The summed E-state index contributed by atoms with van der Waals surface area (Å²) < 4.78 is 0. The predicted octanol–water partition coefficient (Wildman–Crippen LogP) is 0.537. The number of aliphatic hydroxyl groups excluding tert-OH is 1. The first-order valence-corrected chi connectivity index (χ1v) is 6.47. The Balaban J connectivity index is 1.63. The SMILES string of the molecule is OCC1CCN(C2CCN3CCCC23)C1. The minimum Gasteiger partial charge on any atom is -0.396 e. The van der Waals surface area contributed by atoms with Crippen LogP contribution in [0.15, 0.2) is 0 Å². The van der Waals surface area contributed by atoms with E-state index in [0.717, 1.165) is 18.6 Å². The first-order chi connectivity index (χ1) is 7.38. The van der Waals surface area contributed by atoms with Gasteiger partial charge in [-0.1, -0.05) is 0 Å². The Morgan fingerprint density at radius 3 is 2.53 bits per heavy atom. The van der Waals surface area contributed by atoms with Gasteiger partial charge in [0.2, 0.25) is 0 Å². The second-order valence-electron chi connectivity index (χ2n) is 5.43. The topological polar surface area (TPSA) is 26.7 Å². The number of aliphatic hydroxyl groups is 1. The smallest absolute Gasteiger partial charge is 0.0471 e. The van der Waals surface area contributed by atoms with Crippen molar-refractivity contribution in [3.63, 3.8) is 0 Å². The molecule has 3 saturated heterocycles. The van der Waals surface area contributed by atoms with Crippen LogP contribution in [0.5, 0.6) is 0 Å². The zero-order valence-corrected chi connectivity index (χ0v) is 9.44. The van der Waals surface area contributed by atoms with Crippen LogP contribution >= 0.6 is 0 Å². The van der Waals surface area contributed by atoms with Crippen LogP contribution in [0, 0.1) is 5.92 Å². The van der Waals surface area contributed by atoms with Crippen LogP contribution < -0.4 is 0 Å². The van der Waals surface area contributed by atoms with E-state index in [1.54, 1.807) is 0 Å². The molecule has 86 valence electrons. The fraction of sp³-hybridized carbons (Fsp3) is 1.00. The van der Waals surface area contributed by atoms with Crippen molar-refractivity contribution in [2.24, 2.45) is 5.92 Å². The van der Waals surface area contributed by atoms with Crippen molar-refractivity contribution in [1.29, 1.82) is 0 Å². The van der Waals surface area contributed by atoms with Crippen LogP contribution in [0.3, 0.4) is 0 Å². The van der Waals surface area contributed by atoms with E-state index in [-0.39, 0.29) is 0 Å². The van der Waals surface area contributed by atoms with Crippen molar-refractivity contribution >= 4 is 0 Å². The molecule has 0 amide bonds. The van der Waals surface area contributed by atoms with Gasteiger partial charge in [0.15, 0.2) is 0 Å². The predicted molar refractivity (Wildman–Crippen MR) is 59.8 cm³/mol. The van der Waals surface area contributed by atoms with E-state index in [2.05, 4.69) is 9.80 Å². The lowest BCUT2D eigenvalue weighted by Crippen LogP contribution is -2.41. The lowest BCUT2D eigenvalue weighted by atomic mass is 10.1. The molecule has 3 aliphatic rings. The summed E-state index contributed by atoms with van der Waals surface area (Å²) in [6.45, 7) is 5.40. The van der Waals surface area contributed by atoms with Gasteiger partial charge in [-0.05, 0) is 44.7 Å². The third-order valence-corrected chi connectivity index (χ3v) is 4.61. The molecule has 0 radical (unpaired) electrons. The molecule has 0 aromatic carbocycles. The fourth-order valence-corrected chi connectivity index (χ4v) is 3.79. The molecular formula is C12H22N2O. The van der Waals surface area contributed by atoms with Crippen LogP contribution in [0.25, 0.3) is 0 Å². The van der Waals surface area contributed by atoms with Crippen molar-refractivity contribution < 1.29 is 5.11 Å². The van der Waals surface area contributed by atoms with E-state index < -0.39 is 0 Å². The maximum atomic E-state index is 9.18. The van der Waals surface area contributed by atoms with Crippen LogP contribution in [-0.2, 0) is 0 Å². The zero-order valence-electron chi connectivity index (χ0n) is 9.44. The Hall–Kier alpha value is -0.120. The van der Waals surface area contributed by atoms with Crippen molar-refractivity contribution in [2.75, 3.05) is 32.8 Å². The number of fused-ring (bicyclic) bond motifs is 1. The highest BCUT2D eigenvalue weighted by atomic mass is 16.3. The molecule has 0 saturated carbocycles. The van der Waals surface area contributed by atoms with Crippen molar-refractivity contribution in [3.05, 3.63) is 0 Å². The molecule has 3 heterocycles. The largest absolute Gasteiger partial charge is 0.396 e. The first-order valence-electron chi connectivity index (χ1n) is 6.47. The van der Waals surface area contributed by atoms with Gasteiger partial charge in [-0.15, -0.1) is 0 Å². The summed E-state index contributed by atoms with van der Waals surface area (Å²) in [5, 5.41) is 9.18. The maximum Gasteiger partial charge on any atom is 0.0471 e. The Labute approximate surface area is 92.1 Å². The Morgan fingerprint density at radius 2 is 1.73 bits per heavy atom. The zero-order chi connectivity index (χ0) is 10.3. The van der Waals surface area contributed by atoms with Gasteiger partial charge in [0.1, 0.15) is 0 Å². The van der Waals surface area contributed by atoms with E-state index >= 15 is 0 Å². The molecule has 0 aromatic rings. The van der Waals surface area contributed by atoms with Gasteiger partial charge in [0.05, 0.1) is 0 Å². The molecule has 3 unspecified atom stereocenters. The van der Waals surface area contributed by atoms with Crippen molar-refractivity contribution in [1.82, 2.24) is 9.80 Å². The normalized spacial score (nSPS) is 42.6. The molecule has 0 bridgehead atoms. The van der Waals surface area contributed by atoms with Gasteiger partial charge in [-0.2, -0.15) is 0 Å². The van der Waals surface area contributed by atoms with E-state index in [1.807, 2.05) is 0 Å². The summed E-state index contributed by atoms with van der Waals surface area (Å²) >= 11 is 0. The van der Waals surface area contributed by atoms with Gasteiger partial charge in [0.25, 0.3) is 0 Å². The molecule has 0 aliphatic carbocycles. The number of nitrogens with zero attached hydrogens (tertiary/aromatic N) is 2. The van der Waals surface area contributed by atoms with Crippen LogP contribution in [0.1, 0.15) is 25.7 Å². The average Bonchev–Trinajstić information content (AvgIpc) is 2.92. The second kappa shape index (κ2) is 4.04. The molecule has 0 aromatic heterocycles. The Bertz CT molecular complexity index is 234. The summed E-state index contributed by atoms with van der Waals surface area (Å²) in [4.78, 5) is 5.33. The van der Waals surface area contributed by atoms with E-state index in [1.165, 1.54) is 45.3 Å². The van der Waals surface area contributed by atoms with Gasteiger partial charge < -0.3 is 5.11 Å². The molecule has 3 aliphatic heterocycles. The molecule has 15 heavy (non-hydrogen) atoms. The second-order valence-corrected chi connectivity index (χ2v) is 5.43. The minimum absolute atomic E-state index is 0.387. The van der Waals surface area contributed by atoms with E-state index in [0.29, 0.717) is 12.5 Å². The van der Waals surface area contributed by atoms with Gasteiger partial charge >= 0.3 is 0 Å². The molecule has 3 atom stereocenters. The van der Waals surface area contributed by atoms with Crippen molar-refractivity contribution in [3.8, 4) is 0 Å². The lowest BCUT2D eigenvalue weighted by Gasteiger charge is -2.29. The van der Waals surface area contributed by atoms with Gasteiger partial charge in [0, 0.05) is 31.8 Å². The molecule has 1 N–H and O–H groups in total. The average molecular weight is 210 g/mol. The summed E-state index contributed by atoms with van der Waals surface area (Å²) in [6.07, 6.45) is 5.38.